The fourth-order valence-electron chi connectivity index (χ4n) is 4.41. The lowest BCUT2D eigenvalue weighted by atomic mass is 9.79. The van der Waals surface area contributed by atoms with Gasteiger partial charge in [0.2, 0.25) is 0 Å². The Labute approximate surface area is 180 Å². The van der Waals surface area contributed by atoms with E-state index in [1.807, 2.05) is 61.5 Å². The van der Waals surface area contributed by atoms with Gasteiger partial charge in [0.15, 0.2) is 6.61 Å². The monoisotopic (exact) mass is 416 g/mol. The molecule has 1 aromatic carbocycles. The van der Waals surface area contributed by atoms with Crippen LogP contribution < -0.4 is 4.74 Å². The van der Waals surface area contributed by atoms with Crippen LogP contribution in [0.3, 0.4) is 0 Å². The van der Waals surface area contributed by atoms with Gasteiger partial charge in [-0.25, -0.2) is 5.01 Å². The number of carbonyl (C=O) groups excluding carboxylic acids is 1. The molecule has 6 heteroatoms. The van der Waals surface area contributed by atoms with E-state index in [2.05, 4.69) is 0 Å². The highest BCUT2D eigenvalue weighted by Gasteiger charge is 2.45. The molecule has 1 fully saturated rings. The quantitative estimate of drug-likeness (QED) is 0.560. The number of hydrazone groups is 1. The summed E-state index contributed by atoms with van der Waals surface area (Å²) in [6, 6.07) is 15.0. The molecule has 6 nitrogen and oxygen atoms in total. The summed E-state index contributed by atoms with van der Waals surface area (Å²) in [5.41, 5.74) is 3.13. The SMILES string of the molecule is Cc1cccc(OCC(=O)N2N=C3/C(=C\c4ccco4)CCCC3C2c2ccco2)c1. The number of ether oxygens (including phenoxy) is 1. The van der Waals surface area contributed by atoms with E-state index in [1.54, 1.807) is 17.5 Å². The molecule has 1 aliphatic heterocycles. The van der Waals surface area contributed by atoms with Gasteiger partial charge < -0.3 is 13.6 Å². The number of nitrogens with zero attached hydrogens (tertiary/aromatic N) is 2. The first-order valence-corrected chi connectivity index (χ1v) is 10.6. The van der Waals surface area contributed by atoms with Gasteiger partial charge in [0, 0.05) is 5.92 Å². The maximum absolute atomic E-state index is 13.2. The highest BCUT2D eigenvalue weighted by molar-refractivity contribution is 6.08. The van der Waals surface area contributed by atoms with Crippen LogP contribution in [-0.2, 0) is 4.79 Å². The molecule has 2 aromatic heterocycles. The van der Waals surface area contributed by atoms with Crippen LogP contribution in [-0.4, -0.2) is 23.2 Å². The molecular formula is C25H24N2O4. The van der Waals surface area contributed by atoms with E-state index in [4.69, 9.17) is 18.7 Å². The minimum Gasteiger partial charge on any atom is -0.484 e. The Morgan fingerprint density at radius 1 is 1.19 bits per heavy atom. The van der Waals surface area contributed by atoms with Gasteiger partial charge in [0.25, 0.3) is 5.91 Å². The number of hydrogen-bond acceptors (Lipinski definition) is 5. The van der Waals surface area contributed by atoms with E-state index < -0.39 is 0 Å². The topological polar surface area (TPSA) is 68.2 Å². The fourth-order valence-corrected chi connectivity index (χ4v) is 4.41. The number of amides is 1. The van der Waals surface area contributed by atoms with Crippen LogP contribution in [0.1, 0.15) is 42.4 Å². The number of aryl methyl sites for hydroxylation is 1. The molecule has 31 heavy (non-hydrogen) atoms. The zero-order valence-corrected chi connectivity index (χ0v) is 17.4. The Hall–Kier alpha value is -3.54. The zero-order valence-electron chi connectivity index (χ0n) is 17.4. The van der Waals surface area contributed by atoms with E-state index in [1.165, 1.54) is 0 Å². The Morgan fingerprint density at radius 2 is 2.06 bits per heavy atom. The van der Waals surface area contributed by atoms with Crippen molar-refractivity contribution in [3.05, 3.63) is 83.7 Å². The fraction of sp³-hybridized carbons (Fsp3) is 0.280. The molecule has 1 aliphatic carbocycles. The van der Waals surface area contributed by atoms with E-state index in [-0.39, 0.29) is 24.5 Å². The van der Waals surface area contributed by atoms with Crippen LogP contribution >= 0.6 is 0 Å². The van der Waals surface area contributed by atoms with Crippen molar-refractivity contribution in [1.82, 2.24) is 5.01 Å². The highest BCUT2D eigenvalue weighted by atomic mass is 16.5. The minimum absolute atomic E-state index is 0.0820. The molecule has 5 rings (SSSR count). The molecule has 0 bridgehead atoms. The van der Waals surface area contributed by atoms with Crippen molar-refractivity contribution in [2.75, 3.05) is 6.61 Å². The van der Waals surface area contributed by atoms with E-state index in [0.29, 0.717) is 5.75 Å². The average Bonchev–Trinajstić information content (AvgIpc) is 3.52. The maximum Gasteiger partial charge on any atom is 0.281 e. The van der Waals surface area contributed by atoms with Crippen molar-refractivity contribution < 1.29 is 18.4 Å². The molecule has 1 amide bonds. The maximum atomic E-state index is 13.2. The van der Waals surface area contributed by atoms with Crippen molar-refractivity contribution in [2.24, 2.45) is 11.0 Å². The molecule has 2 aliphatic rings. The summed E-state index contributed by atoms with van der Waals surface area (Å²) >= 11 is 0. The van der Waals surface area contributed by atoms with Gasteiger partial charge in [-0.2, -0.15) is 5.10 Å². The van der Waals surface area contributed by atoms with Crippen LogP contribution in [0.15, 0.2) is 80.6 Å². The van der Waals surface area contributed by atoms with E-state index in [9.17, 15) is 4.79 Å². The third-order valence-corrected chi connectivity index (χ3v) is 5.80. The third-order valence-electron chi connectivity index (χ3n) is 5.80. The Balaban J connectivity index is 1.43. The summed E-state index contributed by atoms with van der Waals surface area (Å²) < 4.78 is 17.0. The minimum atomic E-state index is -0.265. The highest BCUT2D eigenvalue weighted by Crippen LogP contribution is 2.44. The molecule has 0 radical (unpaired) electrons. The first-order valence-electron chi connectivity index (χ1n) is 10.6. The predicted octanol–water partition coefficient (Wildman–Crippen LogP) is 5.38. The van der Waals surface area contributed by atoms with Gasteiger partial charge in [-0.3, -0.25) is 4.79 Å². The van der Waals surface area contributed by atoms with E-state index in [0.717, 1.165) is 47.6 Å². The Morgan fingerprint density at radius 3 is 2.84 bits per heavy atom. The summed E-state index contributed by atoms with van der Waals surface area (Å²) in [5.74, 6) is 2.10. The van der Waals surface area contributed by atoms with Crippen molar-refractivity contribution >= 4 is 17.7 Å². The third kappa shape index (κ3) is 3.93. The lowest BCUT2D eigenvalue weighted by Crippen LogP contribution is -2.34. The van der Waals surface area contributed by atoms with Crippen LogP contribution in [0.5, 0.6) is 5.75 Å². The number of fused-ring (bicyclic) bond motifs is 1. The van der Waals surface area contributed by atoms with Crippen molar-refractivity contribution in [1.29, 1.82) is 0 Å². The van der Waals surface area contributed by atoms with Gasteiger partial charge in [-0.15, -0.1) is 0 Å². The predicted molar refractivity (Wildman–Crippen MR) is 116 cm³/mol. The molecule has 158 valence electrons. The summed E-state index contributed by atoms with van der Waals surface area (Å²) in [7, 11) is 0. The molecule has 0 saturated heterocycles. The summed E-state index contributed by atoms with van der Waals surface area (Å²) in [5, 5.41) is 6.34. The van der Waals surface area contributed by atoms with Gasteiger partial charge in [-0.05, 0) is 79.8 Å². The molecule has 3 aromatic rings. The second-order valence-corrected chi connectivity index (χ2v) is 7.97. The molecule has 1 saturated carbocycles. The number of furan rings is 2. The number of hydrogen-bond donors (Lipinski definition) is 0. The normalized spacial score (nSPS) is 21.8. The molecule has 2 unspecified atom stereocenters. The Bertz CT molecular complexity index is 1110. The molecular weight excluding hydrogens is 392 g/mol. The molecule has 0 spiro atoms. The number of benzene rings is 1. The van der Waals surface area contributed by atoms with Crippen LogP contribution in [0, 0.1) is 12.8 Å². The van der Waals surface area contributed by atoms with Crippen molar-refractivity contribution in [3.8, 4) is 5.75 Å². The largest absolute Gasteiger partial charge is 0.484 e. The lowest BCUT2D eigenvalue weighted by Gasteiger charge is -2.27. The van der Waals surface area contributed by atoms with E-state index >= 15 is 0 Å². The first-order chi connectivity index (χ1) is 15.2. The summed E-state index contributed by atoms with van der Waals surface area (Å²) in [6.45, 7) is 1.91. The first kappa shape index (κ1) is 19.4. The second kappa shape index (κ2) is 8.30. The van der Waals surface area contributed by atoms with Crippen molar-refractivity contribution in [3.63, 3.8) is 0 Å². The standard InChI is InChI=1S/C25H24N2O4/c1-17-6-2-8-19(14-17)31-16-23(28)27-25(22-11-5-13-30-22)21-10-3-7-18(24(21)26-27)15-20-9-4-12-29-20/h2,4-6,8-9,11-15,21,25H,3,7,10,16H2,1H3/b18-15-. The van der Waals surface area contributed by atoms with Crippen molar-refractivity contribution in [2.45, 2.75) is 32.2 Å². The Kier molecular flexibility index (Phi) is 5.20. The molecule has 0 N–H and O–H groups in total. The van der Waals surface area contributed by atoms with Crippen LogP contribution in [0.4, 0.5) is 0 Å². The van der Waals surface area contributed by atoms with Gasteiger partial charge >= 0.3 is 0 Å². The van der Waals surface area contributed by atoms with Gasteiger partial charge in [0.1, 0.15) is 23.3 Å². The van der Waals surface area contributed by atoms with Crippen LogP contribution in [0.25, 0.3) is 6.08 Å². The number of allylic oxidation sites excluding steroid dienone is 1. The number of rotatable bonds is 5. The van der Waals surface area contributed by atoms with Gasteiger partial charge in [-0.1, -0.05) is 12.1 Å². The molecule has 2 atom stereocenters. The molecule has 3 heterocycles. The second-order valence-electron chi connectivity index (χ2n) is 7.97. The summed E-state index contributed by atoms with van der Waals surface area (Å²) in [6.07, 6.45) is 8.20. The van der Waals surface area contributed by atoms with Gasteiger partial charge in [0.05, 0.1) is 18.2 Å². The number of carbonyl (C=O) groups is 1. The average molecular weight is 416 g/mol. The van der Waals surface area contributed by atoms with Crippen LogP contribution in [0.2, 0.25) is 0 Å². The smallest absolute Gasteiger partial charge is 0.281 e. The zero-order chi connectivity index (χ0) is 21.2. The summed E-state index contributed by atoms with van der Waals surface area (Å²) in [4.78, 5) is 13.2. The lowest BCUT2D eigenvalue weighted by molar-refractivity contribution is -0.136.